The molecule has 1 fully saturated rings. The summed E-state index contributed by atoms with van der Waals surface area (Å²) in [6.07, 6.45) is 4.79. The molecule has 0 spiro atoms. The van der Waals surface area contributed by atoms with Crippen LogP contribution in [0.5, 0.6) is 0 Å². The van der Waals surface area contributed by atoms with Gasteiger partial charge in [0.15, 0.2) is 0 Å². The lowest BCUT2D eigenvalue weighted by Crippen LogP contribution is -2.43. The molecule has 7 heteroatoms. The molecule has 0 aliphatic carbocycles. The molecule has 1 aromatic heterocycles. The molecule has 152 valence electrons. The van der Waals surface area contributed by atoms with Crippen LogP contribution in [-0.2, 0) is 9.59 Å². The Hall–Kier alpha value is -3.22. The molecule has 2 N–H and O–H groups in total. The Kier molecular flexibility index (Phi) is 6.59. The summed E-state index contributed by atoms with van der Waals surface area (Å²) in [5.41, 5.74) is 3.28. The fourth-order valence-corrected chi connectivity index (χ4v) is 3.40. The van der Waals surface area contributed by atoms with E-state index in [0.717, 1.165) is 24.0 Å². The third-order valence-electron chi connectivity index (χ3n) is 5.44. The predicted octanol–water partition coefficient (Wildman–Crippen LogP) is 2.31. The van der Waals surface area contributed by atoms with Crippen molar-refractivity contribution in [3.8, 4) is 0 Å². The van der Waals surface area contributed by atoms with Crippen molar-refractivity contribution < 1.29 is 14.4 Å². The van der Waals surface area contributed by atoms with Crippen molar-refractivity contribution in [1.82, 2.24) is 15.2 Å². The molecule has 0 unspecified atom stereocenters. The number of nitrogens with zero attached hydrogens (tertiary/aromatic N) is 2. The minimum atomic E-state index is -0.663. The highest BCUT2D eigenvalue weighted by molar-refractivity contribution is 6.39. The van der Waals surface area contributed by atoms with Gasteiger partial charge in [-0.15, -0.1) is 0 Å². The van der Waals surface area contributed by atoms with Crippen LogP contribution in [0.1, 0.15) is 34.3 Å². The van der Waals surface area contributed by atoms with Gasteiger partial charge in [0.1, 0.15) is 0 Å². The molecule has 0 bridgehead atoms. The number of likely N-dealkylation sites (tertiary alicyclic amines) is 1. The quantitative estimate of drug-likeness (QED) is 0.779. The van der Waals surface area contributed by atoms with E-state index in [-0.39, 0.29) is 11.8 Å². The van der Waals surface area contributed by atoms with Gasteiger partial charge in [-0.25, -0.2) is 0 Å². The average molecular weight is 394 g/mol. The molecule has 2 aromatic rings. The molecule has 2 heterocycles. The SMILES string of the molecule is Cc1cccc(NC(=O)C(=O)NCC2CCN(C(=O)c3ccncc3)CC2)c1C. The molecular formula is C22H26N4O3. The van der Waals surface area contributed by atoms with Crippen molar-refractivity contribution in [3.05, 3.63) is 59.4 Å². The summed E-state index contributed by atoms with van der Waals surface area (Å²) in [7, 11) is 0. The maximum absolute atomic E-state index is 12.5. The van der Waals surface area contributed by atoms with E-state index in [1.54, 1.807) is 30.6 Å². The van der Waals surface area contributed by atoms with Crippen LogP contribution in [0, 0.1) is 19.8 Å². The number of anilines is 1. The summed E-state index contributed by atoms with van der Waals surface area (Å²) >= 11 is 0. The lowest BCUT2D eigenvalue weighted by atomic mass is 9.96. The summed E-state index contributed by atoms with van der Waals surface area (Å²) in [6, 6.07) is 9.00. The van der Waals surface area contributed by atoms with E-state index < -0.39 is 11.8 Å². The largest absolute Gasteiger partial charge is 0.348 e. The van der Waals surface area contributed by atoms with Gasteiger partial charge in [0.05, 0.1) is 0 Å². The highest BCUT2D eigenvalue weighted by Crippen LogP contribution is 2.19. The summed E-state index contributed by atoms with van der Waals surface area (Å²) in [5, 5.41) is 5.39. The van der Waals surface area contributed by atoms with Crippen molar-refractivity contribution in [2.24, 2.45) is 5.92 Å². The van der Waals surface area contributed by atoms with Crippen LogP contribution < -0.4 is 10.6 Å². The number of carbonyl (C=O) groups excluding carboxylic acids is 3. The second-order valence-electron chi connectivity index (χ2n) is 7.38. The van der Waals surface area contributed by atoms with Gasteiger partial charge >= 0.3 is 11.8 Å². The van der Waals surface area contributed by atoms with E-state index >= 15 is 0 Å². The van der Waals surface area contributed by atoms with Crippen molar-refractivity contribution in [2.75, 3.05) is 25.0 Å². The van der Waals surface area contributed by atoms with Gasteiger partial charge in [-0.3, -0.25) is 19.4 Å². The first-order valence-electron chi connectivity index (χ1n) is 9.80. The molecule has 1 aliphatic heterocycles. The van der Waals surface area contributed by atoms with Crippen molar-refractivity contribution in [1.29, 1.82) is 0 Å². The number of rotatable bonds is 4. The number of nitrogens with one attached hydrogen (secondary N) is 2. The van der Waals surface area contributed by atoms with Gasteiger partial charge < -0.3 is 15.5 Å². The lowest BCUT2D eigenvalue weighted by molar-refractivity contribution is -0.136. The maximum Gasteiger partial charge on any atom is 0.313 e. The van der Waals surface area contributed by atoms with Crippen LogP contribution in [0.15, 0.2) is 42.7 Å². The summed E-state index contributed by atoms with van der Waals surface area (Å²) in [5.74, 6) is -1.05. The topological polar surface area (TPSA) is 91.4 Å². The smallest absolute Gasteiger partial charge is 0.313 e. The normalized spacial score (nSPS) is 14.3. The zero-order chi connectivity index (χ0) is 20.8. The van der Waals surface area contributed by atoms with Gasteiger partial charge in [0.25, 0.3) is 5.91 Å². The molecule has 3 rings (SSSR count). The van der Waals surface area contributed by atoms with Crippen LogP contribution in [0.25, 0.3) is 0 Å². The maximum atomic E-state index is 12.5. The first-order chi connectivity index (χ1) is 14.0. The van der Waals surface area contributed by atoms with Crippen molar-refractivity contribution >= 4 is 23.4 Å². The molecular weight excluding hydrogens is 368 g/mol. The number of pyridine rings is 1. The third-order valence-corrected chi connectivity index (χ3v) is 5.44. The Morgan fingerprint density at radius 3 is 2.41 bits per heavy atom. The summed E-state index contributed by atoms with van der Waals surface area (Å²) in [6.45, 7) is 5.56. The second kappa shape index (κ2) is 9.32. The van der Waals surface area contributed by atoms with E-state index in [1.165, 1.54) is 0 Å². The highest BCUT2D eigenvalue weighted by Gasteiger charge is 2.24. The van der Waals surface area contributed by atoms with E-state index in [2.05, 4.69) is 15.6 Å². The second-order valence-corrected chi connectivity index (χ2v) is 7.38. The van der Waals surface area contributed by atoms with Crippen LogP contribution in [0.3, 0.4) is 0 Å². The van der Waals surface area contributed by atoms with E-state index in [1.807, 2.05) is 30.9 Å². The molecule has 0 atom stereocenters. The molecule has 0 radical (unpaired) electrons. The fraction of sp³-hybridized carbons (Fsp3) is 0.364. The fourth-order valence-electron chi connectivity index (χ4n) is 3.40. The molecule has 1 saturated heterocycles. The minimum absolute atomic E-state index is 0.00258. The van der Waals surface area contributed by atoms with Crippen LogP contribution in [0.2, 0.25) is 0 Å². The molecule has 29 heavy (non-hydrogen) atoms. The standard InChI is InChI=1S/C22H26N4O3/c1-15-4-3-5-19(16(15)2)25-21(28)20(27)24-14-17-8-12-26(13-9-17)22(29)18-6-10-23-11-7-18/h3-7,10-11,17H,8-9,12-14H2,1-2H3,(H,24,27)(H,25,28). The van der Waals surface area contributed by atoms with E-state index in [9.17, 15) is 14.4 Å². The number of carbonyl (C=O) groups is 3. The predicted molar refractivity (Wildman–Crippen MR) is 110 cm³/mol. The Bertz CT molecular complexity index is 890. The monoisotopic (exact) mass is 394 g/mol. The Balaban J connectivity index is 1.44. The number of benzene rings is 1. The van der Waals surface area contributed by atoms with Crippen LogP contribution in [-0.4, -0.2) is 47.2 Å². The van der Waals surface area contributed by atoms with Gasteiger partial charge in [-0.05, 0) is 61.9 Å². The Morgan fingerprint density at radius 1 is 1.03 bits per heavy atom. The summed E-state index contributed by atoms with van der Waals surface area (Å²) < 4.78 is 0. The molecule has 0 saturated carbocycles. The number of amides is 3. The highest BCUT2D eigenvalue weighted by atomic mass is 16.2. The molecule has 3 amide bonds. The first kappa shape index (κ1) is 20.5. The first-order valence-corrected chi connectivity index (χ1v) is 9.80. The molecule has 1 aliphatic rings. The Labute approximate surface area is 170 Å². The zero-order valence-corrected chi connectivity index (χ0v) is 16.8. The summed E-state index contributed by atoms with van der Waals surface area (Å²) in [4.78, 5) is 42.5. The number of piperidine rings is 1. The van der Waals surface area contributed by atoms with E-state index in [0.29, 0.717) is 30.9 Å². The van der Waals surface area contributed by atoms with E-state index in [4.69, 9.17) is 0 Å². The molecule has 1 aromatic carbocycles. The zero-order valence-electron chi connectivity index (χ0n) is 16.8. The minimum Gasteiger partial charge on any atom is -0.348 e. The lowest BCUT2D eigenvalue weighted by Gasteiger charge is -2.32. The number of aryl methyl sites for hydroxylation is 1. The average Bonchev–Trinajstić information content (AvgIpc) is 2.75. The molecule has 7 nitrogen and oxygen atoms in total. The van der Waals surface area contributed by atoms with Crippen molar-refractivity contribution in [3.63, 3.8) is 0 Å². The number of aromatic nitrogens is 1. The van der Waals surface area contributed by atoms with Crippen molar-refractivity contribution in [2.45, 2.75) is 26.7 Å². The van der Waals surface area contributed by atoms with Gasteiger partial charge in [-0.1, -0.05) is 12.1 Å². The van der Waals surface area contributed by atoms with Crippen LogP contribution in [0.4, 0.5) is 5.69 Å². The van der Waals surface area contributed by atoms with Crippen LogP contribution >= 0.6 is 0 Å². The van der Waals surface area contributed by atoms with Gasteiger partial charge in [0.2, 0.25) is 0 Å². The number of hydrogen-bond acceptors (Lipinski definition) is 4. The third kappa shape index (κ3) is 5.19. The number of hydrogen-bond donors (Lipinski definition) is 2. The van der Waals surface area contributed by atoms with Gasteiger partial charge in [0, 0.05) is 43.3 Å². The Morgan fingerprint density at radius 2 is 1.72 bits per heavy atom. The van der Waals surface area contributed by atoms with Gasteiger partial charge in [-0.2, -0.15) is 0 Å².